The highest BCUT2D eigenvalue weighted by Crippen LogP contribution is 2.30. The molecule has 0 bridgehead atoms. The number of nitrogens with one attached hydrogen (secondary N) is 1. The monoisotopic (exact) mass is 287 g/mol. The zero-order valence-corrected chi connectivity index (χ0v) is 12.9. The highest BCUT2D eigenvalue weighted by Gasteiger charge is 2.23. The number of benzene rings is 1. The first-order valence-corrected chi connectivity index (χ1v) is 7.20. The number of ether oxygens (including phenoxy) is 1. The molecule has 0 aliphatic carbocycles. The van der Waals surface area contributed by atoms with Gasteiger partial charge in [-0.05, 0) is 38.6 Å². The lowest BCUT2D eigenvalue weighted by atomic mass is 10.1. The second-order valence-electron chi connectivity index (χ2n) is 5.92. The van der Waals surface area contributed by atoms with E-state index in [4.69, 9.17) is 4.74 Å². The molecular weight excluding hydrogens is 266 g/mol. The van der Waals surface area contributed by atoms with E-state index in [1.165, 1.54) is 5.57 Å². The summed E-state index contributed by atoms with van der Waals surface area (Å²) < 4.78 is 7.20. The summed E-state index contributed by atoms with van der Waals surface area (Å²) in [6.45, 7) is 7.80. The van der Waals surface area contributed by atoms with E-state index in [2.05, 4.69) is 42.9 Å². The second kappa shape index (κ2) is 4.98. The molecule has 112 valence electrons. The Morgan fingerprint density at radius 2 is 2.19 bits per heavy atom. The molecule has 3 rings (SSSR count). The van der Waals surface area contributed by atoms with E-state index in [0.29, 0.717) is 12.3 Å². The average molecular weight is 287 g/mol. The van der Waals surface area contributed by atoms with Crippen LogP contribution in [0.25, 0.3) is 11.0 Å². The normalized spacial score (nSPS) is 17.7. The van der Waals surface area contributed by atoms with Crippen molar-refractivity contribution in [1.82, 2.24) is 14.5 Å². The average Bonchev–Trinajstić information content (AvgIpc) is 2.67. The Hall–Kier alpha value is -2.17. The molecule has 2 heterocycles. The molecule has 1 aliphatic rings. The Morgan fingerprint density at radius 3 is 2.86 bits per heavy atom. The first-order valence-electron chi connectivity index (χ1n) is 7.20. The Morgan fingerprint density at radius 1 is 1.43 bits per heavy atom. The summed E-state index contributed by atoms with van der Waals surface area (Å²) in [6, 6.07) is 4.23. The Bertz CT molecular complexity index is 766. The molecule has 1 N–H and O–H groups in total. The second-order valence-corrected chi connectivity index (χ2v) is 5.92. The molecule has 1 aromatic heterocycles. The van der Waals surface area contributed by atoms with Crippen LogP contribution in [0.4, 0.5) is 0 Å². The molecule has 1 aromatic carbocycles. The number of H-pyrrole nitrogens is 1. The van der Waals surface area contributed by atoms with Gasteiger partial charge in [0.05, 0.1) is 12.6 Å². The van der Waals surface area contributed by atoms with Crippen molar-refractivity contribution in [2.45, 2.75) is 39.9 Å². The third-order valence-corrected chi connectivity index (χ3v) is 3.98. The van der Waals surface area contributed by atoms with Gasteiger partial charge in [-0.1, -0.05) is 11.6 Å². The summed E-state index contributed by atoms with van der Waals surface area (Å²) in [5.41, 5.74) is 4.10. The number of rotatable bonds is 2. The van der Waals surface area contributed by atoms with Gasteiger partial charge >= 0.3 is 5.69 Å². The van der Waals surface area contributed by atoms with Crippen LogP contribution in [0.5, 0.6) is 5.75 Å². The molecular formula is C16H21N3O2. The fourth-order valence-electron chi connectivity index (χ4n) is 3.02. The fraction of sp³-hybridized carbons (Fsp3) is 0.438. The standard InChI is InChI=1S/C16H21N3O2/c1-10(2)7-18-9-12-5-6-13(21-4)14-15(12)19(8-11(18)3)16(20)17-14/h5-7,11H,8-9H2,1-4H3,(H,17,20)/t11-/m0/s1. The Labute approximate surface area is 123 Å². The number of aromatic nitrogens is 2. The van der Waals surface area contributed by atoms with Gasteiger partial charge in [0.25, 0.3) is 0 Å². The van der Waals surface area contributed by atoms with Crippen molar-refractivity contribution >= 4 is 11.0 Å². The summed E-state index contributed by atoms with van der Waals surface area (Å²) in [4.78, 5) is 17.5. The minimum atomic E-state index is -0.0679. The van der Waals surface area contributed by atoms with Gasteiger partial charge in [-0.25, -0.2) is 4.79 Å². The molecule has 0 radical (unpaired) electrons. The summed E-state index contributed by atoms with van der Waals surface area (Å²) in [6.07, 6.45) is 2.17. The number of nitrogens with zero attached hydrogens (tertiary/aromatic N) is 2. The molecule has 0 unspecified atom stereocenters. The van der Waals surface area contributed by atoms with Crippen molar-refractivity contribution in [1.29, 1.82) is 0 Å². The van der Waals surface area contributed by atoms with Crippen LogP contribution in [0.3, 0.4) is 0 Å². The number of hydrogen-bond donors (Lipinski definition) is 1. The van der Waals surface area contributed by atoms with Crippen LogP contribution in [0, 0.1) is 0 Å². The van der Waals surface area contributed by atoms with Crippen molar-refractivity contribution < 1.29 is 4.74 Å². The summed E-state index contributed by atoms with van der Waals surface area (Å²) >= 11 is 0. The van der Waals surface area contributed by atoms with E-state index in [1.54, 1.807) is 7.11 Å². The maximum atomic E-state index is 12.3. The van der Waals surface area contributed by atoms with E-state index in [9.17, 15) is 4.79 Å². The quantitative estimate of drug-likeness (QED) is 0.923. The van der Waals surface area contributed by atoms with Gasteiger partial charge in [-0.2, -0.15) is 0 Å². The number of hydrogen-bond acceptors (Lipinski definition) is 3. The molecule has 0 saturated heterocycles. The highest BCUT2D eigenvalue weighted by molar-refractivity contribution is 5.85. The number of aromatic amines is 1. The van der Waals surface area contributed by atoms with E-state index in [0.717, 1.165) is 23.1 Å². The smallest absolute Gasteiger partial charge is 0.326 e. The third-order valence-electron chi connectivity index (χ3n) is 3.98. The van der Waals surface area contributed by atoms with Crippen LogP contribution in [0.1, 0.15) is 26.3 Å². The summed E-state index contributed by atoms with van der Waals surface area (Å²) in [5.74, 6) is 0.716. The van der Waals surface area contributed by atoms with E-state index >= 15 is 0 Å². The number of methoxy groups -OCH3 is 1. The minimum absolute atomic E-state index is 0.0679. The van der Waals surface area contributed by atoms with Crippen molar-refractivity contribution in [3.05, 3.63) is 40.0 Å². The largest absolute Gasteiger partial charge is 0.494 e. The van der Waals surface area contributed by atoms with Crippen LogP contribution >= 0.6 is 0 Å². The minimum Gasteiger partial charge on any atom is -0.494 e. The topological polar surface area (TPSA) is 50.3 Å². The van der Waals surface area contributed by atoms with Crippen LogP contribution in [-0.2, 0) is 13.1 Å². The van der Waals surface area contributed by atoms with Crippen molar-refractivity contribution in [3.63, 3.8) is 0 Å². The zero-order valence-electron chi connectivity index (χ0n) is 12.9. The lowest BCUT2D eigenvalue weighted by Crippen LogP contribution is -2.32. The molecule has 0 saturated carbocycles. The molecule has 1 aliphatic heterocycles. The predicted molar refractivity (Wildman–Crippen MR) is 83.5 cm³/mol. The van der Waals surface area contributed by atoms with Crippen molar-refractivity contribution in [2.24, 2.45) is 0 Å². The van der Waals surface area contributed by atoms with E-state index in [1.807, 2.05) is 10.6 Å². The van der Waals surface area contributed by atoms with Crippen LogP contribution in [0.2, 0.25) is 0 Å². The molecule has 21 heavy (non-hydrogen) atoms. The number of imidazole rings is 1. The highest BCUT2D eigenvalue weighted by atomic mass is 16.5. The zero-order chi connectivity index (χ0) is 15.1. The predicted octanol–water partition coefficient (Wildman–Crippen LogP) is 2.47. The van der Waals surface area contributed by atoms with Gasteiger partial charge in [0.15, 0.2) is 0 Å². The molecule has 1 atom stereocenters. The van der Waals surface area contributed by atoms with Gasteiger partial charge in [-0.15, -0.1) is 0 Å². The molecule has 2 aromatic rings. The Balaban J connectivity index is 2.22. The SMILES string of the molecule is COc1ccc2c3c1[nH]c(=O)n3C[C@H](C)N(C=C(C)C)C2. The first-order chi connectivity index (χ1) is 10.0. The van der Waals surface area contributed by atoms with E-state index in [-0.39, 0.29) is 11.7 Å². The van der Waals surface area contributed by atoms with Gasteiger partial charge in [0.2, 0.25) is 0 Å². The fourth-order valence-corrected chi connectivity index (χ4v) is 3.02. The van der Waals surface area contributed by atoms with Crippen LogP contribution in [-0.4, -0.2) is 27.6 Å². The molecule has 0 amide bonds. The Kier molecular flexibility index (Phi) is 3.27. The third kappa shape index (κ3) is 2.22. The molecule has 0 spiro atoms. The lowest BCUT2D eigenvalue weighted by molar-refractivity contribution is 0.266. The summed E-state index contributed by atoms with van der Waals surface area (Å²) in [7, 11) is 1.63. The van der Waals surface area contributed by atoms with Crippen molar-refractivity contribution in [3.8, 4) is 5.75 Å². The van der Waals surface area contributed by atoms with Crippen LogP contribution in [0.15, 0.2) is 28.7 Å². The van der Waals surface area contributed by atoms with E-state index < -0.39 is 0 Å². The maximum absolute atomic E-state index is 12.3. The van der Waals surface area contributed by atoms with Gasteiger partial charge in [0.1, 0.15) is 11.3 Å². The maximum Gasteiger partial charge on any atom is 0.326 e. The molecule has 0 fully saturated rings. The van der Waals surface area contributed by atoms with Crippen LogP contribution < -0.4 is 10.4 Å². The lowest BCUT2D eigenvalue weighted by Gasteiger charge is -2.26. The van der Waals surface area contributed by atoms with Gasteiger partial charge < -0.3 is 14.6 Å². The van der Waals surface area contributed by atoms with Crippen molar-refractivity contribution in [2.75, 3.05) is 7.11 Å². The summed E-state index contributed by atoms with van der Waals surface area (Å²) in [5, 5.41) is 0. The molecule has 5 heteroatoms. The number of allylic oxidation sites excluding steroid dienone is 1. The first kappa shape index (κ1) is 13.8. The van der Waals surface area contributed by atoms with Gasteiger partial charge in [-0.3, -0.25) is 4.57 Å². The molecule has 5 nitrogen and oxygen atoms in total. The van der Waals surface area contributed by atoms with Gasteiger partial charge in [0, 0.05) is 19.1 Å².